The number of nitrogens with zero attached hydrogens (tertiary/aromatic N) is 3. The zero-order valence-electron chi connectivity index (χ0n) is 13.7. The minimum absolute atomic E-state index is 0.0601. The van der Waals surface area contributed by atoms with Crippen molar-refractivity contribution in [2.24, 2.45) is 4.99 Å². The van der Waals surface area contributed by atoms with Gasteiger partial charge in [0.2, 0.25) is 5.90 Å². The monoisotopic (exact) mass is 337 g/mol. The number of nitro benzene ring substituents is 1. The van der Waals surface area contributed by atoms with E-state index in [9.17, 15) is 14.9 Å². The molecular weight excluding hydrogens is 322 g/mol. The molecule has 0 aliphatic carbocycles. The normalized spacial score (nSPS) is 15.0. The summed E-state index contributed by atoms with van der Waals surface area (Å²) in [5.74, 6) is -0.525. The SMILES string of the molecule is CN(C)c1ccc(C=C2N=C(c3cccc([N+](=O)[O-])c3)OC2=O)cc1. The van der Waals surface area contributed by atoms with E-state index < -0.39 is 10.9 Å². The topological polar surface area (TPSA) is 85.0 Å². The van der Waals surface area contributed by atoms with Crippen molar-refractivity contribution >= 4 is 29.3 Å². The first-order chi connectivity index (χ1) is 11.9. The molecule has 0 saturated heterocycles. The van der Waals surface area contributed by atoms with Crippen LogP contribution in [0.15, 0.2) is 59.2 Å². The summed E-state index contributed by atoms with van der Waals surface area (Å²) in [5.41, 5.74) is 2.29. The molecule has 1 aliphatic rings. The minimum atomic E-state index is -0.585. The fourth-order valence-corrected chi connectivity index (χ4v) is 2.31. The average molecular weight is 337 g/mol. The quantitative estimate of drug-likeness (QED) is 0.370. The molecular formula is C18H15N3O4. The van der Waals surface area contributed by atoms with E-state index in [1.54, 1.807) is 12.1 Å². The van der Waals surface area contributed by atoms with Crippen molar-refractivity contribution in [1.29, 1.82) is 0 Å². The lowest BCUT2D eigenvalue weighted by Gasteiger charge is -2.11. The predicted octanol–water partition coefficient (Wildman–Crippen LogP) is 3.01. The highest BCUT2D eigenvalue weighted by Gasteiger charge is 2.25. The number of esters is 1. The van der Waals surface area contributed by atoms with Gasteiger partial charge in [-0.3, -0.25) is 10.1 Å². The molecule has 2 aromatic carbocycles. The largest absolute Gasteiger partial charge is 0.402 e. The third kappa shape index (κ3) is 3.55. The van der Waals surface area contributed by atoms with E-state index in [-0.39, 0.29) is 17.3 Å². The molecule has 25 heavy (non-hydrogen) atoms. The van der Waals surface area contributed by atoms with Gasteiger partial charge in [0.05, 0.1) is 4.92 Å². The fourth-order valence-electron chi connectivity index (χ4n) is 2.31. The number of rotatable bonds is 4. The summed E-state index contributed by atoms with van der Waals surface area (Å²) in [6.45, 7) is 0. The number of aliphatic imine (C=N–C) groups is 1. The lowest BCUT2D eigenvalue weighted by atomic mass is 10.1. The molecule has 7 nitrogen and oxygen atoms in total. The van der Waals surface area contributed by atoms with E-state index >= 15 is 0 Å². The van der Waals surface area contributed by atoms with E-state index in [0.717, 1.165) is 11.3 Å². The second kappa shape index (κ2) is 6.56. The summed E-state index contributed by atoms with van der Waals surface area (Å²) < 4.78 is 5.14. The Balaban J connectivity index is 1.89. The third-order valence-electron chi connectivity index (χ3n) is 3.64. The minimum Gasteiger partial charge on any atom is -0.402 e. The highest BCUT2D eigenvalue weighted by Crippen LogP contribution is 2.22. The highest BCUT2D eigenvalue weighted by atomic mass is 16.6. The molecule has 0 N–H and O–H groups in total. The lowest BCUT2D eigenvalue weighted by Crippen LogP contribution is -2.08. The van der Waals surface area contributed by atoms with Gasteiger partial charge in [0.25, 0.3) is 5.69 Å². The number of benzene rings is 2. The van der Waals surface area contributed by atoms with Crippen molar-refractivity contribution in [3.05, 3.63) is 75.5 Å². The van der Waals surface area contributed by atoms with Crippen LogP contribution < -0.4 is 4.90 Å². The molecule has 0 bridgehead atoms. The van der Waals surface area contributed by atoms with Gasteiger partial charge in [-0.1, -0.05) is 18.2 Å². The van der Waals surface area contributed by atoms with Crippen LogP contribution >= 0.6 is 0 Å². The Morgan fingerprint density at radius 2 is 1.88 bits per heavy atom. The van der Waals surface area contributed by atoms with E-state index in [4.69, 9.17) is 4.74 Å². The van der Waals surface area contributed by atoms with Crippen LogP contribution in [0.25, 0.3) is 6.08 Å². The summed E-state index contributed by atoms with van der Waals surface area (Å²) in [7, 11) is 3.88. The van der Waals surface area contributed by atoms with Crippen LogP contribution in [0.2, 0.25) is 0 Å². The maximum atomic E-state index is 12.0. The standard InChI is InChI=1S/C18H15N3O4/c1-20(2)14-8-6-12(7-9-14)10-16-18(22)25-17(19-16)13-4-3-5-15(11-13)21(23)24/h3-11H,1-2H3. The lowest BCUT2D eigenvalue weighted by molar-refractivity contribution is -0.384. The number of anilines is 1. The van der Waals surface area contributed by atoms with Gasteiger partial charge >= 0.3 is 5.97 Å². The van der Waals surface area contributed by atoms with Crippen molar-refractivity contribution in [3.63, 3.8) is 0 Å². The van der Waals surface area contributed by atoms with Crippen LogP contribution in [-0.2, 0) is 9.53 Å². The maximum Gasteiger partial charge on any atom is 0.363 e. The van der Waals surface area contributed by atoms with Crippen LogP contribution in [-0.4, -0.2) is 30.9 Å². The molecule has 3 rings (SSSR count). The van der Waals surface area contributed by atoms with Crippen molar-refractivity contribution in [2.45, 2.75) is 0 Å². The summed E-state index contributed by atoms with van der Waals surface area (Å²) >= 11 is 0. The zero-order valence-corrected chi connectivity index (χ0v) is 13.7. The second-order valence-electron chi connectivity index (χ2n) is 5.63. The molecule has 1 aliphatic heterocycles. The number of hydrogen-bond donors (Lipinski definition) is 0. The summed E-state index contributed by atoms with van der Waals surface area (Å²) in [5, 5.41) is 10.9. The molecule has 0 amide bonds. The van der Waals surface area contributed by atoms with Crippen LogP contribution in [0.4, 0.5) is 11.4 Å². The first-order valence-corrected chi connectivity index (χ1v) is 7.49. The predicted molar refractivity (Wildman–Crippen MR) is 94.5 cm³/mol. The Bertz CT molecular complexity index is 899. The van der Waals surface area contributed by atoms with Gasteiger partial charge in [-0.25, -0.2) is 9.79 Å². The van der Waals surface area contributed by atoms with Crippen molar-refractivity contribution in [2.75, 3.05) is 19.0 Å². The molecule has 1 heterocycles. The summed E-state index contributed by atoms with van der Waals surface area (Å²) in [4.78, 5) is 28.5. The molecule has 0 radical (unpaired) electrons. The van der Waals surface area contributed by atoms with Crippen molar-refractivity contribution in [3.8, 4) is 0 Å². The number of hydrogen-bond acceptors (Lipinski definition) is 6. The first-order valence-electron chi connectivity index (χ1n) is 7.49. The smallest absolute Gasteiger partial charge is 0.363 e. The van der Waals surface area contributed by atoms with E-state index in [0.29, 0.717) is 5.56 Å². The molecule has 2 aromatic rings. The van der Waals surface area contributed by atoms with Gasteiger partial charge < -0.3 is 9.64 Å². The molecule has 0 fully saturated rings. The number of carbonyl (C=O) groups is 1. The van der Waals surface area contributed by atoms with Gasteiger partial charge in [-0.05, 0) is 29.8 Å². The molecule has 0 unspecified atom stereocenters. The van der Waals surface area contributed by atoms with Gasteiger partial charge in [-0.15, -0.1) is 0 Å². The highest BCUT2D eigenvalue weighted by molar-refractivity contribution is 6.13. The molecule has 126 valence electrons. The Hall–Kier alpha value is -3.48. The van der Waals surface area contributed by atoms with Crippen molar-refractivity contribution < 1.29 is 14.5 Å². The van der Waals surface area contributed by atoms with Crippen LogP contribution in [0.5, 0.6) is 0 Å². The van der Waals surface area contributed by atoms with Gasteiger partial charge in [-0.2, -0.15) is 0 Å². The van der Waals surface area contributed by atoms with E-state index in [2.05, 4.69) is 4.99 Å². The van der Waals surface area contributed by atoms with Gasteiger partial charge in [0, 0.05) is 37.5 Å². The van der Waals surface area contributed by atoms with E-state index in [1.165, 1.54) is 18.2 Å². The zero-order chi connectivity index (χ0) is 18.0. The second-order valence-corrected chi connectivity index (χ2v) is 5.63. The molecule has 0 atom stereocenters. The number of cyclic esters (lactones) is 1. The Morgan fingerprint density at radius 3 is 2.52 bits per heavy atom. The Kier molecular flexibility index (Phi) is 4.30. The molecule has 0 aromatic heterocycles. The maximum absolute atomic E-state index is 12.0. The summed E-state index contributed by atoms with van der Waals surface area (Å²) in [6.07, 6.45) is 1.62. The van der Waals surface area contributed by atoms with Gasteiger partial charge in [0.1, 0.15) is 0 Å². The fraction of sp³-hybridized carbons (Fsp3) is 0.111. The van der Waals surface area contributed by atoms with Gasteiger partial charge in [0.15, 0.2) is 5.70 Å². The Morgan fingerprint density at radius 1 is 1.16 bits per heavy atom. The first kappa shape index (κ1) is 16.4. The third-order valence-corrected chi connectivity index (χ3v) is 3.64. The Labute approximate surface area is 144 Å². The number of ether oxygens (including phenoxy) is 1. The number of nitro groups is 1. The number of carbonyl (C=O) groups excluding carboxylic acids is 1. The van der Waals surface area contributed by atoms with Crippen LogP contribution in [0, 0.1) is 10.1 Å². The number of non-ortho nitro benzene ring substituents is 1. The van der Waals surface area contributed by atoms with Crippen molar-refractivity contribution in [1.82, 2.24) is 0 Å². The average Bonchev–Trinajstić information content (AvgIpc) is 2.96. The molecule has 0 saturated carbocycles. The molecule has 0 spiro atoms. The van der Waals surface area contributed by atoms with E-state index in [1.807, 2.05) is 43.3 Å². The summed E-state index contributed by atoms with van der Waals surface area (Å²) in [6, 6.07) is 13.4. The van der Waals surface area contributed by atoms with Crippen LogP contribution in [0.1, 0.15) is 11.1 Å². The van der Waals surface area contributed by atoms with Crippen LogP contribution in [0.3, 0.4) is 0 Å². The molecule has 7 heteroatoms.